The fourth-order valence-corrected chi connectivity index (χ4v) is 2.80. The first-order valence-electron chi connectivity index (χ1n) is 6.34. The zero-order valence-electron chi connectivity index (χ0n) is 11.1. The van der Waals surface area contributed by atoms with Crippen molar-refractivity contribution < 1.29 is 4.52 Å². The summed E-state index contributed by atoms with van der Waals surface area (Å²) in [4.78, 5) is 5.54. The van der Waals surface area contributed by atoms with Gasteiger partial charge in [0.1, 0.15) is 0 Å². The summed E-state index contributed by atoms with van der Waals surface area (Å²) in [6, 6.07) is 2.10. The number of aryl methyl sites for hydroxylation is 1. The zero-order chi connectivity index (χ0) is 13.2. The van der Waals surface area contributed by atoms with E-state index in [-0.39, 0.29) is 0 Å². The van der Waals surface area contributed by atoms with E-state index in [0.29, 0.717) is 11.7 Å². The molecule has 2 heterocycles. The third kappa shape index (κ3) is 2.20. The lowest BCUT2D eigenvalue weighted by Gasteiger charge is -2.21. The van der Waals surface area contributed by atoms with Crippen LogP contribution < -0.4 is 5.73 Å². The summed E-state index contributed by atoms with van der Waals surface area (Å²) >= 11 is 1.63. The molecule has 0 aromatic carbocycles. The van der Waals surface area contributed by atoms with Crippen molar-refractivity contribution in [3.8, 4) is 10.8 Å². The van der Waals surface area contributed by atoms with Gasteiger partial charge in [-0.2, -0.15) is 4.98 Å². The first kappa shape index (κ1) is 13.2. The van der Waals surface area contributed by atoms with Crippen LogP contribution in [-0.2, 0) is 12.0 Å². The Labute approximate surface area is 111 Å². The number of hydrogen-bond donors (Lipinski definition) is 1. The van der Waals surface area contributed by atoms with Gasteiger partial charge in [-0.15, -0.1) is 11.3 Å². The molecule has 0 atom stereocenters. The zero-order valence-corrected chi connectivity index (χ0v) is 11.9. The monoisotopic (exact) mass is 265 g/mol. The standard InChI is InChI=1S/C13H19N3OS/c1-4-9-7-8-18-10(9)11-15-12(16-17-11)13(14,5-2)6-3/h7-8H,4-6,14H2,1-3H3. The van der Waals surface area contributed by atoms with Crippen LogP contribution in [0, 0.1) is 0 Å². The highest BCUT2D eigenvalue weighted by atomic mass is 32.1. The van der Waals surface area contributed by atoms with E-state index in [1.54, 1.807) is 11.3 Å². The molecule has 0 unspecified atom stereocenters. The Kier molecular flexibility index (Phi) is 3.82. The van der Waals surface area contributed by atoms with Crippen LogP contribution in [0.2, 0.25) is 0 Å². The molecule has 4 nitrogen and oxygen atoms in total. The van der Waals surface area contributed by atoms with E-state index in [9.17, 15) is 0 Å². The van der Waals surface area contributed by atoms with E-state index in [1.165, 1.54) is 5.56 Å². The van der Waals surface area contributed by atoms with E-state index >= 15 is 0 Å². The molecule has 2 N–H and O–H groups in total. The lowest BCUT2D eigenvalue weighted by Crippen LogP contribution is -2.36. The van der Waals surface area contributed by atoms with E-state index in [1.807, 2.05) is 19.2 Å². The predicted molar refractivity (Wildman–Crippen MR) is 73.4 cm³/mol. The second kappa shape index (κ2) is 5.20. The number of thiophene rings is 1. The molecule has 98 valence electrons. The van der Waals surface area contributed by atoms with Gasteiger partial charge in [-0.1, -0.05) is 25.9 Å². The van der Waals surface area contributed by atoms with Gasteiger partial charge >= 0.3 is 0 Å². The van der Waals surface area contributed by atoms with Crippen molar-refractivity contribution in [1.82, 2.24) is 10.1 Å². The molecule has 0 fully saturated rings. The summed E-state index contributed by atoms with van der Waals surface area (Å²) in [7, 11) is 0. The Bertz CT molecular complexity index is 514. The molecular formula is C13H19N3OS. The van der Waals surface area contributed by atoms with Crippen molar-refractivity contribution in [2.45, 2.75) is 45.6 Å². The smallest absolute Gasteiger partial charge is 0.268 e. The average molecular weight is 265 g/mol. The van der Waals surface area contributed by atoms with E-state index in [2.05, 4.69) is 23.1 Å². The van der Waals surface area contributed by atoms with Gasteiger partial charge in [0.25, 0.3) is 5.89 Å². The van der Waals surface area contributed by atoms with Gasteiger partial charge in [-0.25, -0.2) is 0 Å². The van der Waals surface area contributed by atoms with Crippen LogP contribution >= 0.6 is 11.3 Å². The van der Waals surface area contributed by atoms with Crippen LogP contribution in [0.4, 0.5) is 0 Å². The summed E-state index contributed by atoms with van der Waals surface area (Å²) in [5.74, 6) is 1.20. The van der Waals surface area contributed by atoms with Crippen LogP contribution in [-0.4, -0.2) is 10.1 Å². The first-order valence-corrected chi connectivity index (χ1v) is 7.22. The first-order chi connectivity index (χ1) is 8.64. The van der Waals surface area contributed by atoms with Gasteiger partial charge in [0.2, 0.25) is 0 Å². The van der Waals surface area contributed by atoms with Crippen LogP contribution in [0.15, 0.2) is 16.0 Å². The Balaban J connectivity index is 2.36. The molecule has 0 saturated heterocycles. The SMILES string of the molecule is CCc1ccsc1-c1nc(C(N)(CC)CC)no1. The Hall–Kier alpha value is -1.20. The normalized spacial score (nSPS) is 12.0. The fraction of sp³-hybridized carbons (Fsp3) is 0.538. The number of aromatic nitrogens is 2. The molecule has 2 rings (SSSR count). The minimum Gasteiger partial charge on any atom is -0.333 e. The molecule has 0 radical (unpaired) electrons. The molecule has 2 aromatic rings. The summed E-state index contributed by atoms with van der Waals surface area (Å²) in [6.07, 6.45) is 2.56. The third-order valence-corrected chi connectivity index (χ3v) is 4.40. The van der Waals surface area contributed by atoms with Gasteiger partial charge < -0.3 is 10.3 Å². The van der Waals surface area contributed by atoms with Gasteiger partial charge in [0.15, 0.2) is 5.82 Å². The largest absolute Gasteiger partial charge is 0.333 e. The maximum atomic E-state index is 6.27. The lowest BCUT2D eigenvalue weighted by molar-refractivity contribution is 0.350. The minimum atomic E-state index is -0.481. The van der Waals surface area contributed by atoms with Crippen LogP contribution in [0.3, 0.4) is 0 Å². The van der Waals surface area contributed by atoms with Crippen molar-refractivity contribution in [2.75, 3.05) is 0 Å². The summed E-state index contributed by atoms with van der Waals surface area (Å²) in [5.41, 5.74) is 7.03. The minimum absolute atomic E-state index is 0.481. The summed E-state index contributed by atoms with van der Waals surface area (Å²) in [5, 5.41) is 6.11. The Morgan fingerprint density at radius 1 is 1.33 bits per heavy atom. The molecule has 0 spiro atoms. The molecule has 0 saturated carbocycles. The number of hydrogen-bond acceptors (Lipinski definition) is 5. The van der Waals surface area contributed by atoms with Crippen molar-refractivity contribution in [1.29, 1.82) is 0 Å². The summed E-state index contributed by atoms with van der Waals surface area (Å²) in [6.45, 7) is 6.21. The second-order valence-corrected chi connectivity index (χ2v) is 5.33. The predicted octanol–water partition coefficient (Wildman–Crippen LogP) is 3.33. The second-order valence-electron chi connectivity index (χ2n) is 4.41. The quantitative estimate of drug-likeness (QED) is 0.900. The lowest BCUT2D eigenvalue weighted by atomic mass is 9.93. The number of rotatable bonds is 5. The molecule has 0 aliphatic rings. The fourth-order valence-electron chi connectivity index (χ4n) is 1.89. The van der Waals surface area contributed by atoms with Gasteiger partial charge in [-0.3, -0.25) is 0 Å². The highest BCUT2D eigenvalue weighted by Gasteiger charge is 2.29. The molecule has 0 amide bonds. The van der Waals surface area contributed by atoms with E-state index in [0.717, 1.165) is 24.1 Å². The van der Waals surface area contributed by atoms with Crippen molar-refractivity contribution in [3.63, 3.8) is 0 Å². The Morgan fingerprint density at radius 2 is 2.06 bits per heavy atom. The highest BCUT2D eigenvalue weighted by molar-refractivity contribution is 7.13. The van der Waals surface area contributed by atoms with Gasteiger partial charge in [0, 0.05) is 0 Å². The maximum Gasteiger partial charge on any atom is 0.268 e. The molecule has 0 bridgehead atoms. The van der Waals surface area contributed by atoms with Crippen molar-refractivity contribution in [3.05, 3.63) is 22.8 Å². The van der Waals surface area contributed by atoms with Gasteiger partial charge in [-0.05, 0) is 36.3 Å². The number of nitrogens with two attached hydrogens (primary N) is 1. The molecule has 18 heavy (non-hydrogen) atoms. The van der Waals surface area contributed by atoms with Crippen LogP contribution in [0.25, 0.3) is 10.8 Å². The van der Waals surface area contributed by atoms with Crippen molar-refractivity contribution >= 4 is 11.3 Å². The van der Waals surface area contributed by atoms with Crippen molar-refractivity contribution in [2.24, 2.45) is 5.73 Å². The highest BCUT2D eigenvalue weighted by Crippen LogP contribution is 2.31. The average Bonchev–Trinajstić information content (AvgIpc) is 3.05. The third-order valence-electron chi connectivity index (χ3n) is 3.46. The topological polar surface area (TPSA) is 64.9 Å². The molecule has 0 aliphatic carbocycles. The molecule has 0 aliphatic heterocycles. The molecular weight excluding hydrogens is 246 g/mol. The maximum absolute atomic E-state index is 6.27. The van der Waals surface area contributed by atoms with Crippen LogP contribution in [0.1, 0.15) is 45.0 Å². The molecule has 5 heteroatoms. The van der Waals surface area contributed by atoms with E-state index in [4.69, 9.17) is 10.3 Å². The molecule has 2 aromatic heterocycles. The van der Waals surface area contributed by atoms with Crippen LogP contribution in [0.5, 0.6) is 0 Å². The van der Waals surface area contributed by atoms with Gasteiger partial charge in [0.05, 0.1) is 10.4 Å². The number of nitrogens with zero attached hydrogens (tertiary/aromatic N) is 2. The van der Waals surface area contributed by atoms with E-state index < -0.39 is 5.54 Å². The Morgan fingerprint density at radius 3 is 2.67 bits per heavy atom. The summed E-state index contributed by atoms with van der Waals surface area (Å²) < 4.78 is 5.37.